The number of amides is 1. The van der Waals surface area contributed by atoms with E-state index < -0.39 is 0 Å². The lowest BCUT2D eigenvalue weighted by molar-refractivity contribution is 0.0939. The molecular weight excluding hydrogens is 240 g/mol. The first kappa shape index (κ1) is 12.1. The Morgan fingerprint density at radius 1 is 1.37 bits per heavy atom. The summed E-state index contributed by atoms with van der Waals surface area (Å²) in [6.45, 7) is 0. The third kappa shape index (κ3) is 2.30. The molecule has 0 atom stereocenters. The van der Waals surface area contributed by atoms with Crippen molar-refractivity contribution in [1.29, 1.82) is 0 Å². The molecule has 1 amide bonds. The van der Waals surface area contributed by atoms with Crippen molar-refractivity contribution in [2.24, 2.45) is 0 Å². The molecule has 3 rings (SSSR count). The van der Waals surface area contributed by atoms with E-state index in [1.54, 1.807) is 13.3 Å². The average molecular weight is 258 g/mol. The van der Waals surface area contributed by atoms with Gasteiger partial charge in [0.25, 0.3) is 5.91 Å². The highest BCUT2D eigenvalue weighted by atomic mass is 16.5. The normalized spacial score (nSPS) is 15.8. The van der Waals surface area contributed by atoms with E-state index in [9.17, 15) is 4.79 Å². The molecule has 1 aromatic heterocycles. The quantitative estimate of drug-likeness (QED) is 0.889. The van der Waals surface area contributed by atoms with E-state index in [1.165, 1.54) is 12.8 Å². The fourth-order valence-electron chi connectivity index (χ4n) is 2.75. The molecule has 1 saturated carbocycles. The van der Waals surface area contributed by atoms with Gasteiger partial charge in [-0.25, -0.2) is 0 Å². The summed E-state index contributed by atoms with van der Waals surface area (Å²) in [5.41, 5.74) is 1.64. The maximum Gasteiger partial charge on any atom is 0.253 e. The highest BCUT2D eigenvalue weighted by molar-refractivity contribution is 6.07. The van der Waals surface area contributed by atoms with E-state index in [-0.39, 0.29) is 5.91 Å². The molecule has 1 heterocycles. The fourth-order valence-corrected chi connectivity index (χ4v) is 2.75. The van der Waals surface area contributed by atoms with Crippen LogP contribution in [0.2, 0.25) is 0 Å². The second-order valence-corrected chi connectivity index (χ2v) is 5.07. The summed E-state index contributed by atoms with van der Waals surface area (Å²) >= 11 is 0. The number of nitrogens with one attached hydrogen (secondary N) is 2. The fraction of sp³-hybridized carbons (Fsp3) is 0.400. The van der Waals surface area contributed by atoms with Crippen LogP contribution in [0.5, 0.6) is 5.75 Å². The van der Waals surface area contributed by atoms with Crippen LogP contribution in [0.4, 0.5) is 0 Å². The number of aromatic amines is 1. The van der Waals surface area contributed by atoms with E-state index in [0.717, 1.165) is 29.5 Å². The minimum atomic E-state index is 0.0170. The lowest BCUT2D eigenvalue weighted by atomic mass is 10.1. The van der Waals surface area contributed by atoms with Crippen LogP contribution < -0.4 is 10.1 Å². The second-order valence-electron chi connectivity index (χ2n) is 5.07. The van der Waals surface area contributed by atoms with Crippen LogP contribution in [0.25, 0.3) is 10.9 Å². The molecule has 1 aliphatic carbocycles. The highest BCUT2D eigenvalue weighted by Crippen LogP contribution is 2.24. The molecule has 4 nitrogen and oxygen atoms in total. The first-order valence-electron chi connectivity index (χ1n) is 6.74. The van der Waals surface area contributed by atoms with Crippen molar-refractivity contribution < 1.29 is 9.53 Å². The number of hydrogen-bond donors (Lipinski definition) is 2. The molecule has 0 bridgehead atoms. The molecular formula is C15H18N2O2. The van der Waals surface area contributed by atoms with Gasteiger partial charge in [0.2, 0.25) is 0 Å². The van der Waals surface area contributed by atoms with Crippen molar-refractivity contribution in [2.75, 3.05) is 7.11 Å². The summed E-state index contributed by atoms with van der Waals surface area (Å²) < 4.78 is 5.18. The van der Waals surface area contributed by atoms with E-state index in [0.29, 0.717) is 11.6 Å². The van der Waals surface area contributed by atoms with Crippen LogP contribution in [-0.2, 0) is 0 Å². The van der Waals surface area contributed by atoms with Crippen LogP contribution >= 0.6 is 0 Å². The maximum atomic E-state index is 12.3. The Balaban J connectivity index is 1.85. The van der Waals surface area contributed by atoms with Gasteiger partial charge < -0.3 is 15.0 Å². The SMILES string of the molecule is COc1ccc2c(C(=O)NC3CCCC3)c[nH]c2c1. The molecule has 19 heavy (non-hydrogen) atoms. The number of rotatable bonds is 3. The summed E-state index contributed by atoms with van der Waals surface area (Å²) in [5, 5.41) is 4.05. The number of ether oxygens (including phenoxy) is 1. The van der Waals surface area contributed by atoms with Crippen LogP contribution in [-0.4, -0.2) is 24.0 Å². The van der Waals surface area contributed by atoms with Crippen molar-refractivity contribution in [3.63, 3.8) is 0 Å². The van der Waals surface area contributed by atoms with Gasteiger partial charge in [0.05, 0.1) is 12.7 Å². The molecule has 2 N–H and O–H groups in total. The summed E-state index contributed by atoms with van der Waals surface area (Å²) in [6, 6.07) is 6.05. The van der Waals surface area contributed by atoms with Gasteiger partial charge in [0.15, 0.2) is 0 Å². The second kappa shape index (κ2) is 4.96. The zero-order valence-electron chi connectivity index (χ0n) is 11.0. The molecule has 0 spiro atoms. The molecule has 100 valence electrons. The van der Waals surface area contributed by atoms with Crippen molar-refractivity contribution >= 4 is 16.8 Å². The smallest absolute Gasteiger partial charge is 0.253 e. The third-order valence-electron chi connectivity index (χ3n) is 3.82. The van der Waals surface area contributed by atoms with Crippen LogP contribution in [0.3, 0.4) is 0 Å². The van der Waals surface area contributed by atoms with Crippen molar-refractivity contribution in [3.05, 3.63) is 30.0 Å². The molecule has 1 fully saturated rings. The highest BCUT2D eigenvalue weighted by Gasteiger charge is 2.19. The van der Waals surface area contributed by atoms with E-state index in [2.05, 4.69) is 10.3 Å². The average Bonchev–Trinajstić information content (AvgIpc) is 3.06. The molecule has 0 aliphatic heterocycles. The van der Waals surface area contributed by atoms with Crippen molar-refractivity contribution in [3.8, 4) is 5.75 Å². The number of fused-ring (bicyclic) bond motifs is 1. The summed E-state index contributed by atoms with van der Waals surface area (Å²) in [6.07, 6.45) is 6.41. The number of carbonyl (C=O) groups is 1. The Labute approximate surface area is 112 Å². The van der Waals surface area contributed by atoms with Crippen molar-refractivity contribution in [1.82, 2.24) is 10.3 Å². The predicted molar refractivity (Wildman–Crippen MR) is 74.6 cm³/mol. The standard InChI is InChI=1S/C15H18N2O2/c1-19-11-6-7-12-13(9-16-14(12)8-11)15(18)17-10-4-2-3-5-10/h6-10,16H,2-5H2,1H3,(H,17,18). The largest absolute Gasteiger partial charge is 0.497 e. The van der Waals surface area contributed by atoms with Crippen molar-refractivity contribution in [2.45, 2.75) is 31.7 Å². The van der Waals surface area contributed by atoms with Gasteiger partial charge in [-0.1, -0.05) is 12.8 Å². The Morgan fingerprint density at radius 3 is 2.89 bits per heavy atom. The minimum absolute atomic E-state index is 0.0170. The van der Waals surface area contributed by atoms with E-state index in [1.807, 2.05) is 18.2 Å². The van der Waals surface area contributed by atoms with Gasteiger partial charge in [-0.05, 0) is 25.0 Å². The maximum absolute atomic E-state index is 12.3. The zero-order valence-corrected chi connectivity index (χ0v) is 11.0. The Bertz CT molecular complexity index is 597. The molecule has 2 aromatic rings. The molecule has 0 radical (unpaired) electrons. The van der Waals surface area contributed by atoms with Gasteiger partial charge >= 0.3 is 0 Å². The molecule has 0 unspecified atom stereocenters. The Hall–Kier alpha value is -1.97. The monoisotopic (exact) mass is 258 g/mol. The molecule has 1 aliphatic rings. The lowest BCUT2D eigenvalue weighted by Gasteiger charge is -2.11. The number of aromatic nitrogens is 1. The topological polar surface area (TPSA) is 54.1 Å². The van der Waals surface area contributed by atoms with Crippen LogP contribution in [0.15, 0.2) is 24.4 Å². The molecule has 4 heteroatoms. The summed E-state index contributed by atoms with van der Waals surface area (Å²) in [7, 11) is 1.64. The molecule has 1 aromatic carbocycles. The molecule has 0 saturated heterocycles. The Kier molecular flexibility index (Phi) is 3.15. The zero-order chi connectivity index (χ0) is 13.2. The number of carbonyl (C=O) groups excluding carboxylic acids is 1. The predicted octanol–water partition coefficient (Wildman–Crippen LogP) is 2.85. The summed E-state index contributed by atoms with van der Waals surface area (Å²) in [5.74, 6) is 0.806. The Morgan fingerprint density at radius 2 is 2.16 bits per heavy atom. The van der Waals surface area contributed by atoms with Gasteiger partial charge in [-0.3, -0.25) is 4.79 Å². The van der Waals surface area contributed by atoms with Crippen LogP contribution in [0, 0.1) is 0 Å². The van der Waals surface area contributed by atoms with Gasteiger partial charge in [-0.2, -0.15) is 0 Å². The minimum Gasteiger partial charge on any atom is -0.497 e. The van der Waals surface area contributed by atoms with Crippen LogP contribution in [0.1, 0.15) is 36.0 Å². The number of hydrogen-bond acceptors (Lipinski definition) is 2. The van der Waals surface area contributed by atoms with E-state index >= 15 is 0 Å². The first-order valence-corrected chi connectivity index (χ1v) is 6.74. The first-order chi connectivity index (χ1) is 9.28. The van der Waals surface area contributed by atoms with E-state index in [4.69, 9.17) is 4.74 Å². The van der Waals surface area contributed by atoms with Gasteiger partial charge in [-0.15, -0.1) is 0 Å². The third-order valence-corrected chi connectivity index (χ3v) is 3.82. The van der Waals surface area contributed by atoms with Gasteiger partial charge in [0.1, 0.15) is 5.75 Å². The number of H-pyrrole nitrogens is 1. The number of benzene rings is 1. The number of methoxy groups -OCH3 is 1. The summed E-state index contributed by atoms with van der Waals surface area (Å²) in [4.78, 5) is 15.4. The lowest BCUT2D eigenvalue weighted by Crippen LogP contribution is -2.32. The van der Waals surface area contributed by atoms with Gasteiger partial charge in [0, 0.05) is 29.2 Å².